The first-order valence-corrected chi connectivity index (χ1v) is 10.6. The third-order valence-electron chi connectivity index (χ3n) is 6.13. The number of ether oxygens (including phenoxy) is 5. The minimum atomic E-state index is -2.47. The normalized spacial score (nSPS) is 52.1. The third kappa shape index (κ3) is 5.23. The van der Waals surface area contributed by atoms with E-state index >= 15 is 0 Å². The molecule has 0 radical (unpaired) electrons. The summed E-state index contributed by atoms with van der Waals surface area (Å²) in [6.45, 7) is -3.12. The number of hydrogen-bond donors (Lipinski definition) is 11. The van der Waals surface area contributed by atoms with Crippen molar-refractivity contribution >= 4 is 0 Å². The molecule has 0 amide bonds. The van der Waals surface area contributed by atoms with E-state index in [9.17, 15) is 56.2 Å². The van der Waals surface area contributed by atoms with E-state index in [2.05, 4.69) is 0 Å². The van der Waals surface area contributed by atoms with Gasteiger partial charge in [-0.05, 0) is 0 Å². The lowest BCUT2D eigenvalue weighted by atomic mass is 9.98. The molecule has 0 saturated carbocycles. The molecule has 34 heavy (non-hydrogen) atoms. The van der Waals surface area contributed by atoms with E-state index < -0.39 is 112 Å². The highest BCUT2D eigenvalue weighted by molar-refractivity contribution is 4.98. The van der Waals surface area contributed by atoms with Gasteiger partial charge in [-0.25, -0.2) is 0 Å². The quantitative estimate of drug-likeness (QED) is 0.146. The Morgan fingerprint density at radius 1 is 0.647 bits per heavy atom. The topological polar surface area (TPSA) is 269 Å². The lowest BCUT2D eigenvalue weighted by molar-refractivity contribution is -0.339. The average molecular weight is 504 g/mol. The van der Waals surface area contributed by atoms with Crippen LogP contribution < -0.4 is 0 Å². The Hall–Kier alpha value is -0.640. The Labute approximate surface area is 192 Å². The Bertz CT molecular complexity index is 653. The largest absolute Gasteiger partial charge is 0.394 e. The Morgan fingerprint density at radius 2 is 1.18 bits per heavy atom. The van der Waals surface area contributed by atoms with Crippen LogP contribution in [0.3, 0.4) is 0 Å². The van der Waals surface area contributed by atoms with Gasteiger partial charge in [-0.1, -0.05) is 0 Å². The number of hydrogen-bond acceptors (Lipinski definition) is 16. The van der Waals surface area contributed by atoms with Crippen LogP contribution >= 0.6 is 0 Å². The van der Waals surface area contributed by atoms with Crippen molar-refractivity contribution in [3.63, 3.8) is 0 Å². The summed E-state index contributed by atoms with van der Waals surface area (Å²) in [5, 5.41) is 109. The van der Waals surface area contributed by atoms with E-state index in [0.717, 1.165) is 0 Å². The SMILES string of the molecule is OC[C@H]1O[C@H](OC[C@H]2O[C@H](O[C@@H]3[C@@H](CO)OC(O)(CO)[C@H]3O)[C@H](O)[C@@H](O)[C@@H]2O)[C@H](O)[C@@H](O)[C@H]1O. The minimum absolute atomic E-state index is 0.610. The summed E-state index contributed by atoms with van der Waals surface area (Å²) in [7, 11) is 0. The van der Waals surface area contributed by atoms with Gasteiger partial charge in [0.05, 0.1) is 26.4 Å². The van der Waals surface area contributed by atoms with Gasteiger partial charge in [0.15, 0.2) is 12.6 Å². The molecule has 11 N–H and O–H groups in total. The molecule has 0 aliphatic carbocycles. The highest BCUT2D eigenvalue weighted by Gasteiger charge is 2.56. The van der Waals surface area contributed by atoms with Gasteiger partial charge in [-0.2, -0.15) is 0 Å². The summed E-state index contributed by atoms with van der Waals surface area (Å²) in [6.07, 6.45) is -21.3. The second kappa shape index (κ2) is 11.2. The molecule has 1 unspecified atom stereocenters. The predicted octanol–water partition coefficient (Wildman–Crippen LogP) is -7.57. The summed E-state index contributed by atoms with van der Waals surface area (Å²) in [4.78, 5) is 0. The third-order valence-corrected chi connectivity index (χ3v) is 6.13. The van der Waals surface area contributed by atoms with Gasteiger partial charge in [0.25, 0.3) is 0 Å². The van der Waals surface area contributed by atoms with Crippen molar-refractivity contribution in [2.45, 2.75) is 85.5 Å². The molecule has 0 spiro atoms. The van der Waals surface area contributed by atoms with Crippen LogP contribution in [0.1, 0.15) is 0 Å². The number of aliphatic hydroxyl groups is 11. The fraction of sp³-hybridized carbons (Fsp3) is 1.00. The van der Waals surface area contributed by atoms with Crippen molar-refractivity contribution in [1.82, 2.24) is 0 Å². The monoisotopic (exact) mass is 504 g/mol. The maximum Gasteiger partial charge on any atom is 0.219 e. The maximum atomic E-state index is 10.3. The minimum Gasteiger partial charge on any atom is -0.394 e. The molecule has 3 aliphatic rings. The molecule has 200 valence electrons. The van der Waals surface area contributed by atoms with Gasteiger partial charge < -0.3 is 79.9 Å². The molecule has 3 fully saturated rings. The first kappa shape index (κ1) is 27.9. The molecule has 0 aromatic rings. The van der Waals surface area contributed by atoms with Gasteiger partial charge in [-0.15, -0.1) is 0 Å². The molecule has 3 heterocycles. The summed E-state index contributed by atoms with van der Waals surface area (Å²) in [5.41, 5.74) is 0. The van der Waals surface area contributed by atoms with E-state index in [1.165, 1.54) is 0 Å². The Morgan fingerprint density at radius 3 is 1.74 bits per heavy atom. The predicted molar refractivity (Wildman–Crippen MR) is 101 cm³/mol. The van der Waals surface area contributed by atoms with E-state index in [0.29, 0.717) is 0 Å². The van der Waals surface area contributed by atoms with Crippen LogP contribution in [0, 0.1) is 0 Å². The average Bonchev–Trinajstić information content (AvgIpc) is 3.08. The number of aliphatic hydroxyl groups excluding tert-OH is 10. The first-order chi connectivity index (χ1) is 16.0. The van der Waals surface area contributed by atoms with Crippen molar-refractivity contribution in [2.75, 3.05) is 26.4 Å². The lowest BCUT2D eigenvalue weighted by Crippen LogP contribution is -2.62. The molecule has 3 saturated heterocycles. The molecule has 0 aromatic carbocycles. The van der Waals surface area contributed by atoms with Crippen LogP contribution in [-0.2, 0) is 23.7 Å². The standard InChI is InChI=1S/C18H32O16/c19-1-5-8(22)10(24)12(26)16(31-5)30-3-7-9(23)11(25)13(27)17(32-7)33-14-6(2-20)34-18(29,4-21)15(14)28/h5-17,19-29H,1-4H2/t5-,6-,7-,8+,9-,10+,11+,12-,13-,14-,15+,16+,17-,18?/m1/s1. The van der Waals surface area contributed by atoms with Crippen LogP contribution in [0.4, 0.5) is 0 Å². The molecule has 14 atom stereocenters. The molecular weight excluding hydrogens is 472 g/mol. The van der Waals surface area contributed by atoms with Crippen LogP contribution in [-0.4, -0.2) is 168 Å². The highest BCUT2D eigenvalue weighted by atomic mass is 16.8. The van der Waals surface area contributed by atoms with Crippen molar-refractivity contribution in [1.29, 1.82) is 0 Å². The van der Waals surface area contributed by atoms with E-state index in [4.69, 9.17) is 23.7 Å². The Balaban J connectivity index is 1.67. The molecule has 0 aromatic heterocycles. The summed E-state index contributed by atoms with van der Waals surface area (Å²) in [6, 6.07) is 0. The van der Waals surface area contributed by atoms with Crippen LogP contribution in [0.5, 0.6) is 0 Å². The van der Waals surface area contributed by atoms with E-state index in [1.807, 2.05) is 0 Å². The van der Waals surface area contributed by atoms with Gasteiger partial charge in [-0.3, -0.25) is 0 Å². The zero-order valence-corrected chi connectivity index (χ0v) is 17.8. The molecule has 16 nitrogen and oxygen atoms in total. The summed E-state index contributed by atoms with van der Waals surface area (Å²) in [5.74, 6) is -2.47. The van der Waals surface area contributed by atoms with Crippen LogP contribution in [0.2, 0.25) is 0 Å². The molecule has 3 aliphatic heterocycles. The molecule has 0 bridgehead atoms. The number of rotatable bonds is 8. The van der Waals surface area contributed by atoms with Gasteiger partial charge >= 0.3 is 0 Å². The highest BCUT2D eigenvalue weighted by Crippen LogP contribution is 2.34. The van der Waals surface area contributed by atoms with Crippen molar-refractivity contribution in [3.05, 3.63) is 0 Å². The molecular formula is C18H32O16. The first-order valence-electron chi connectivity index (χ1n) is 10.6. The summed E-state index contributed by atoms with van der Waals surface area (Å²) >= 11 is 0. The Kier molecular flexibility index (Phi) is 9.18. The van der Waals surface area contributed by atoms with E-state index in [-0.39, 0.29) is 0 Å². The van der Waals surface area contributed by atoms with Crippen molar-refractivity contribution in [3.8, 4) is 0 Å². The zero-order valence-electron chi connectivity index (χ0n) is 17.8. The maximum absolute atomic E-state index is 10.3. The van der Waals surface area contributed by atoms with E-state index in [1.54, 1.807) is 0 Å². The fourth-order valence-electron chi connectivity index (χ4n) is 4.01. The van der Waals surface area contributed by atoms with Crippen LogP contribution in [0.25, 0.3) is 0 Å². The second-order valence-electron chi connectivity index (χ2n) is 8.43. The van der Waals surface area contributed by atoms with Crippen molar-refractivity contribution < 1.29 is 79.9 Å². The fourth-order valence-corrected chi connectivity index (χ4v) is 4.01. The summed E-state index contributed by atoms with van der Waals surface area (Å²) < 4.78 is 26.3. The van der Waals surface area contributed by atoms with Crippen molar-refractivity contribution in [2.24, 2.45) is 0 Å². The van der Waals surface area contributed by atoms with Crippen LogP contribution in [0.15, 0.2) is 0 Å². The smallest absolute Gasteiger partial charge is 0.219 e. The molecule has 16 heteroatoms. The van der Waals surface area contributed by atoms with Gasteiger partial charge in [0.1, 0.15) is 67.1 Å². The second-order valence-corrected chi connectivity index (χ2v) is 8.43. The lowest BCUT2D eigenvalue weighted by Gasteiger charge is -2.43. The van der Waals surface area contributed by atoms with Gasteiger partial charge in [0.2, 0.25) is 5.79 Å². The zero-order chi connectivity index (χ0) is 25.4. The molecule has 3 rings (SSSR count). The van der Waals surface area contributed by atoms with Gasteiger partial charge in [0, 0.05) is 0 Å².